The summed E-state index contributed by atoms with van der Waals surface area (Å²) in [5.41, 5.74) is 1.06. The Morgan fingerprint density at radius 2 is 2.15 bits per heavy atom. The number of carbonyl (C=O) groups is 1. The lowest BCUT2D eigenvalue weighted by molar-refractivity contribution is -0.116. The van der Waals surface area contributed by atoms with Crippen LogP contribution in [0.5, 0.6) is 0 Å². The van der Waals surface area contributed by atoms with E-state index in [2.05, 4.69) is 20.4 Å². The van der Waals surface area contributed by atoms with Gasteiger partial charge in [0.25, 0.3) is 0 Å². The number of nitrogens with zero attached hydrogens (tertiary/aromatic N) is 4. The quantitative estimate of drug-likeness (QED) is 0.926. The number of nitrogens with one attached hydrogen (secondary N) is 1. The van der Waals surface area contributed by atoms with E-state index < -0.39 is 0 Å². The van der Waals surface area contributed by atoms with Crippen LogP contribution in [0.3, 0.4) is 0 Å². The van der Waals surface area contributed by atoms with Gasteiger partial charge in [0.1, 0.15) is 17.5 Å². The molecule has 2 aromatic rings. The van der Waals surface area contributed by atoms with Crippen molar-refractivity contribution in [3.63, 3.8) is 0 Å². The molecule has 1 unspecified atom stereocenters. The van der Waals surface area contributed by atoms with Crippen LogP contribution < -0.4 is 5.32 Å². The molecule has 1 atom stereocenters. The molecule has 6 heteroatoms. The minimum Gasteiger partial charge on any atom is -0.311 e. The summed E-state index contributed by atoms with van der Waals surface area (Å²) in [5.74, 6) is 2.03. The number of hydrogen-bond acceptors (Lipinski definition) is 4. The molecule has 106 valence electrons. The normalized spacial score (nSPS) is 12.2. The molecule has 0 aliphatic carbocycles. The van der Waals surface area contributed by atoms with Crippen LogP contribution in [0.1, 0.15) is 36.6 Å². The molecule has 0 aliphatic rings. The first-order valence-electron chi connectivity index (χ1n) is 6.58. The van der Waals surface area contributed by atoms with Gasteiger partial charge in [0.15, 0.2) is 0 Å². The van der Waals surface area contributed by atoms with Crippen molar-refractivity contribution in [3.05, 3.63) is 35.5 Å². The topological polar surface area (TPSA) is 72.7 Å². The Morgan fingerprint density at radius 3 is 2.75 bits per heavy atom. The number of pyridine rings is 1. The Hall–Kier alpha value is -2.24. The highest BCUT2D eigenvalue weighted by Crippen LogP contribution is 2.13. The number of rotatable bonds is 4. The molecule has 0 radical (unpaired) electrons. The fraction of sp³-hybridized carbons (Fsp3) is 0.429. The van der Waals surface area contributed by atoms with E-state index in [0.717, 1.165) is 17.2 Å². The fourth-order valence-electron chi connectivity index (χ4n) is 2.11. The zero-order chi connectivity index (χ0) is 14.7. The average molecular weight is 273 g/mol. The van der Waals surface area contributed by atoms with E-state index in [-0.39, 0.29) is 11.9 Å². The number of aromatic nitrogens is 4. The average Bonchev–Trinajstić information content (AvgIpc) is 2.68. The summed E-state index contributed by atoms with van der Waals surface area (Å²) in [7, 11) is 0. The van der Waals surface area contributed by atoms with Gasteiger partial charge >= 0.3 is 0 Å². The highest BCUT2D eigenvalue weighted by atomic mass is 16.1. The van der Waals surface area contributed by atoms with Gasteiger partial charge in [-0.1, -0.05) is 0 Å². The van der Waals surface area contributed by atoms with E-state index in [1.54, 1.807) is 10.9 Å². The van der Waals surface area contributed by atoms with Gasteiger partial charge in [-0.05, 0) is 45.4 Å². The molecular formula is C14H19N5O. The van der Waals surface area contributed by atoms with Crippen LogP contribution in [0, 0.1) is 20.8 Å². The number of carbonyl (C=O) groups excluding carboxylic acids is 1. The molecule has 2 heterocycles. The minimum absolute atomic E-state index is 0.0407. The Bertz CT molecular complexity index is 620. The first-order valence-corrected chi connectivity index (χ1v) is 6.58. The van der Waals surface area contributed by atoms with Gasteiger partial charge in [-0.15, -0.1) is 0 Å². The highest BCUT2D eigenvalue weighted by molar-refractivity contribution is 5.90. The van der Waals surface area contributed by atoms with Gasteiger partial charge in [-0.25, -0.2) is 14.6 Å². The van der Waals surface area contributed by atoms with Gasteiger partial charge in [0.2, 0.25) is 5.91 Å². The van der Waals surface area contributed by atoms with Crippen molar-refractivity contribution in [2.24, 2.45) is 0 Å². The Morgan fingerprint density at radius 1 is 1.40 bits per heavy atom. The fourth-order valence-corrected chi connectivity index (χ4v) is 2.11. The standard InChI is InChI=1S/C14H19N5O/c1-9-5-6-15-13(7-9)17-14(20)8-10(2)19-12(4)16-11(3)18-19/h5-7,10H,8H2,1-4H3,(H,15,17,20). The molecule has 2 aromatic heterocycles. The van der Waals surface area contributed by atoms with Gasteiger partial charge in [-0.3, -0.25) is 4.79 Å². The number of aryl methyl sites for hydroxylation is 3. The van der Waals surface area contributed by atoms with Gasteiger partial charge < -0.3 is 5.32 Å². The van der Waals surface area contributed by atoms with Crippen LogP contribution >= 0.6 is 0 Å². The van der Waals surface area contributed by atoms with Crippen LogP contribution in [0.25, 0.3) is 0 Å². The van der Waals surface area contributed by atoms with E-state index >= 15 is 0 Å². The summed E-state index contributed by atoms with van der Waals surface area (Å²) >= 11 is 0. The van der Waals surface area contributed by atoms with Gasteiger partial charge in [-0.2, -0.15) is 5.10 Å². The smallest absolute Gasteiger partial charge is 0.227 e. The second-order valence-electron chi connectivity index (χ2n) is 4.97. The zero-order valence-electron chi connectivity index (χ0n) is 12.2. The van der Waals surface area contributed by atoms with Crippen LogP contribution in [0.15, 0.2) is 18.3 Å². The number of amides is 1. The molecule has 0 aromatic carbocycles. The maximum absolute atomic E-state index is 12.0. The molecule has 0 saturated carbocycles. The van der Waals surface area contributed by atoms with E-state index in [4.69, 9.17) is 0 Å². The largest absolute Gasteiger partial charge is 0.311 e. The second-order valence-corrected chi connectivity index (χ2v) is 4.97. The molecule has 1 N–H and O–H groups in total. The Balaban J connectivity index is 1.99. The molecule has 6 nitrogen and oxygen atoms in total. The molecule has 2 rings (SSSR count). The lowest BCUT2D eigenvalue weighted by atomic mass is 10.2. The predicted octanol–water partition coefficient (Wildman–Crippen LogP) is 2.19. The van der Waals surface area contributed by atoms with Crippen molar-refractivity contribution in [1.29, 1.82) is 0 Å². The van der Waals surface area contributed by atoms with Gasteiger partial charge in [0.05, 0.1) is 6.04 Å². The monoisotopic (exact) mass is 273 g/mol. The lowest BCUT2D eigenvalue weighted by Crippen LogP contribution is -2.19. The maximum atomic E-state index is 12.0. The molecule has 0 spiro atoms. The molecule has 1 amide bonds. The number of anilines is 1. The van der Waals surface area contributed by atoms with Crippen molar-refractivity contribution in [3.8, 4) is 0 Å². The predicted molar refractivity (Wildman–Crippen MR) is 76.4 cm³/mol. The SMILES string of the molecule is Cc1ccnc(NC(=O)CC(C)n2nc(C)nc2C)c1. The third kappa shape index (κ3) is 3.40. The van der Waals surface area contributed by atoms with Crippen molar-refractivity contribution >= 4 is 11.7 Å². The third-order valence-corrected chi connectivity index (χ3v) is 2.99. The summed E-state index contributed by atoms with van der Waals surface area (Å²) in [6.07, 6.45) is 2.01. The molecule has 0 bridgehead atoms. The van der Waals surface area contributed by atoms with Crippen LogP contribution in [-0.2, 0) is 4.79 Å². The first kappa shape index (κ1) is 14.2. The molecule has 0 saturated heterocycles. The van der Waals surface area contributed by atoms with Crippen LogP contribution in [0.4, 0.5) is 5.82 Å². The summed E-state index contributed by atoms with van der Waals surface area (Å²) < 4.78 is 1.78. The highest BCUT2D eigenvalue weighted by Gasteiger charge is 2.15. The van der Waals surface area contributed by atoms with E-state index in [0.29, 0.717) is 12.2 Å². The summed E-state index contributed by atoms with van der Waals surface area (Å²) in [5, 5.41) is 7.09. The Labute approximate surface area is 118 Å². The molecule has 0 aliphatic heterocycles. The van der Waals surface area contributed by atoms with Crippen LogP contribution in [-0.4, -0.2) is 25.7 Å². The number of hydrogen-bond donors (Lipinski definition) is 1. The minimum atomic E-state index is -0.0804. The second kappa shape index (κ2) is 5.81. The van der Waals surface area contributed by atoms with E-state index in [1.807, 2.05) is 39.8 Å². The molecule has 0 fully saturated rings. The lowest BCUT2D eigenvalue weighted by Gasteiger charge is -2.13. The van der Waals surface area contributed by atoms with E-state index in [9.17, 15) is 4.79 Å². The zero-order valence-corrected chi connectivity index (χ0v) is 12.2. The van der Waals surface area contributed by atoms with Crippen LogP contribution in [0.2, 0.25) is 0 Å². The van der Waals surface area contributed by atoms with Crippen molar-refractivity contribution in [2.45, 2.75) is 40.2 Å². The van der Waals surface area contributed by atoms with Crippen molar-refractivity contribution in [2.75, 3.05) is 5.32 Å². The molecule has 20 heavy (non-hydrogen) atoms. The summed E-state index contributed by atoms with van der Waals surface area (Å²) in [4.78, 5) is 20.4. The van der Waals surface area contributed by atoms with E-state index in [1.165, 1.54) is 0 Å². The molecular weight excluding hydrogens is 254 g/mol. The van der Waals surface area contributed by atoms with Crippen molar-refractivity contribution in [1.82, 2.24) is 19.7 Å². The first-order chi connectivity index (χ1) is 9.45. The summed E-state index contributed by atoms with van der Waals surface area (Å²) in [6, 6.07) is 3.69. The van der Waals surface area contributed by atoms with Crippen molar-refractivity contribution < 1.29 is 4.79 Å². The van der Waals surface area contributed by atoms with Gasteiger partial charge in [0, 0.05) is 12.6 Å². The summed E-state index contributed by atoms with van der Waals surface area (Å²) in [6.45, 7) is 7.63. The third-order valence-electron chi connectivity index (χ3n) is 2.99. The Kier molecular flexibility index (Phi) is 4.12. The maximum Gasteiger partial charge on any atom is 0.227 e.